The Morgan fingerprint density at radius 3 is 2.65 bits per heavy atom. The molecule has 1 N–H and O–H groups in total. The minimum absolute atomic E-state index is 0.0779. The zero-order valence-corrected chi connectivity index (χ0v) is 11.5. The Morgan fingerprint density at radius 2 is 2.10 bits per heavy atom. The molecular weight excluding hydrogens is 258 g/mol. The van der Waals surface area contributed by atoms with Gasteiger partial charge in [0, 0.05) is 32.5 Å². The summed E-state index contributed by atoms with van der Waals surface area (Å²) in [5, 5.41) is 3.88. The van der Waals surface area contributed by atoms with Gasteiger partial charge in [-0.2, -0.15) is 0 Å². The van der Waals surface area contributed by atoms with Crippen molar-refractivity contribution < 1.29 is 4.79 Å². The van der Waals surface area contributed by atoms with Gasteiger partial charge in [0.1, 0.15) is 0 Å². The maximum absolute atomic E-state index is 12.2. The van der Waals surface area contributed by atoms with Gasteiger partial charge in [-0.3, -0.25) is 14.8 Å². The molecule has 7 heteroatoms. The number of H-pyrrole nitrogens is 1. The van der Waals surface area contributed by atoms with Gasteiger partial charge >= 0.3 is 5.69 Å². The van der Waals surface area contributed by atoms with E-state index in [-0.39, 0.29) is 11.7 Å². The fourth-order valence-corrected chi connectivity index (χ4v) is 1.87. The standard InChI is InChI=1S/C13H17N5O2/c1-3-18(9-6-10-4-7-14-8-5-10)12(19)11-15-13(20)17(2)16-11/h4-5,7-8H,3,6,9H2,1-2H3,(H,15,16,20). The molecule has 0 fully saturated rings. The highest BCUT2D eigenvalue weighted by Gasteiger charge is 2.18. The molecule has 0 unspecified atom stereocenters. The Kier molecular flexibility index (Phi) is 4.29. The van der Waals surface area contributed by atoms with Crippen LogP contribution in [0.25, 0.3) is 0 Å². The lowest BCUT2D eigenvalue weighted by Gasteiger charge is -2.19. The van der Waals surface area contributed by atoms with Crippen LogP contribution in [0, 0.1) is 0 Å². The second-order valence-electron chi connectivity index (χ2n) is 4.39. The molecule has 2 aromatic rings. The highest BCUT2D eigenvalue weighted by molar-refractivity contribution is 5.90. The third kappa shape index (κ3) is 3.11. The number of pyridine rings is 1. The van der Waals surface area contributed by atoms with Crippen molar-refractivity contribution in [1.29, 1.82) is 0 Å². The number of aryl methyl sites for hydroxylation is 1. The van der Waals surface area contributed by atoms with Crippen LogP contribution in [0.3, 0.4) is 0 Å². The fourth-order valence-electron chi connectivity index (χ4n) is 1.87. The van der Waals surface area contributed by atoms with Gasteiger partial charge in [-0.25, -0.2) is 9.48 Å². The van der Waals surface area contributed by atoms with Crippen LogP contribution in [0.1, 0.15) is 23.1 Å². The van der Waals surface area contributed by atoms with E-state index >= 15 is 0 Å². The van der Waals surface area contributed by atoms with E-state index in [9.17, 15) is 9.59 Å². The van der Waals surface area contributed by atoms with Crippen molar-refractivity contribution in [3.05, 3.63) is 46.4 Å². The Labute approximate surface area is 116 Å². The van der Waals surface area contributed by atoms with Gasteiger partial charge in [-0.1, -0.05) is 0 Å². The van der Waals surface area contributed by atoms with Gasteiger partial charge in [0.25, 0.3) is 5.91 Å². The monoisotopic (exact) mass is 275 g/mol. The highest BCUT2D eigenvalue weighted by atomic mass is 16.2. The molecule has 0 aliphatic rings. The Morgan fingerprint density at radius 1 is 1.40 bits per heavy atom. The number of nitrogens with one attached hydrogen (secondary N) is 1. The second-order valence-corrected chi connectivity index (χ2v) is 4.39. The average molecular weight is 275 g/mol. The normalized spacial score (nSPS) is 10.5. The fraction of sp³-hybridized carbons (Fsp3) is 0.385. The van der Waals surface area contributed by atoms with Crippen molar-refractivity contribution in [3.63, 3.8) is 0 Å². The quantitative estimate of drug-likeness (QED) is 0.845. The number of amides is 1. The van der Waals surface area contributed by atoms with Crippen LogP contribution < -0.4 is 5.69 Å². The Hall–Kier alpha value is -2.44. The first-order chi connectivity index (χ1) is 9.61. The average Bonchev–Trinajstić information content (AvgIpc) is 2.80. The zero-order chi connectivity index (χ0) is 14.5. The molecule has 2 aromatic heterocycles. The maximum Gasteiger partial charge on any atom is 0.343 e. The van der Waals surface area contributed by atoms with E-state index in [0.29, 0.717) is 13.1 Å². The molecule has 20 heavy (non-hydrogen) atoms. The number of carbonyl (C=O) groups excluding carboxylic acids is 1. The van der Waals surface area contributed by atoms with Gasteiger partial charge in [0.15, 0.2) is 0 Å². The molecule has 0 bridgehead atoms. The number of nitrogens with zero attached hydrogens (tertiary/aromatic N) is 4. The van der Waals surface area contributed by atoms with Crippen LogP contribution in [0.15, 0.2) is 29.3 Å². The van der Waals surface area contributed by atoms with Gasteiger partial charge in [-0.15, -0.1) is 5.10 Å². The molecule has 0 atom stereocenters. The maximum atomic E-state index is 12.2. The third-order valence-electron chi connectivity index (χ3n) is 3.06. The zero-order valence-electron chi connectivity index (χ0n) is 11.5. The summed E-state index contributed by atoms with van der Waals surface area (Å²) in [5.41, 5.74) is 0.722. The molecule has 0 aliphatic heterocycles. The number of rotatable bonds is 5. The molecule has 1 amide bonds. The lowest BCUT2D eigenvalue weighted by Crippen LogP contribution is -2.33. The molecule has 0 aliphatic carbocycles. The summed E-state index contributed by atoms with van der Waals surface area (Å²) in [6, 6.07) is 3.84. The first-order valence-electron chi connectivity index (χ1n) is 6.43. The van der Waals surface area contributed by atoms with Gasteiger partial charge in [0.05, 0.1) is 0 Å². The van der Waals surface area contributed by atoms with Crippen molar-refractivity contribution in [2.45, 2.75) is 13.3 Å². The number of hydrogen-bond acceptors (Lipinski definition) is 4. The van der Waals surface area contributed by atoms with Crippen molar-refractivity contribution in [3.8, 4) is 0 Å². The highest BCUT2D eigenvalue weighted by Crippen LogP contribution is 2.03. The SMILES string of the molecule is CCN(CCc1ccncc1)C(=O)c1nn(C)c(=O)[nH]1. The first kappa shape index (κ1) is 14.0. The summed E-state index contributed by atoms with van der Waals surface area (Å²) < 4.78 is 1.12. The van der Waals surface area contributed by atoms with Crippen molar-refractivity contribution in [2.24, 2.45) is 7.05 Å². The van der Waals surface area contributed by atoms with Crippen LogP contribution in [-0.4, -0.2) is 43.6 Å². The van der Waals surface area contributed by atoms with Gasteiger partial charge in [0.2, 0.25) is 5.82 Å². The minimum atomic E-state index is -0.390. The van der Waals surface area contributed by atoms with Gasteiger partial charge in [-0.05, 0) is 31.0 Å². The second kappa shape index (κ2) is 6.14. The molecule has 0 spiro atoms. The number of carbonyl (C=O) groups is 1. The smallest absolute Gasteiger partial charge is 0.336 e. The largest absolute Gasteiger partial charge is 0.343 e. The molecule has 2 rings (SSSR count). The molecule has 0 aromatic carbocycles. The number of hydrogen-bond donors (Lipinski definition) is 1. The van der Waals surface area contributed by atoms with Crippen molar-refractivity contribution in [1.82, 2.24) is 24.6 Å². The number of aromatic nitrogens is 4. The van der Waals surface area contributed by atoms with E-state index in [0.717, 1.165) is 16.7 Å². The minimum Gasteiger partial charge on any atom is -0.336 e. The summed E-state index contributed by atoms with van der Waals surface area (Å²) in [4.78, 5) is 31.6. The first-order valence-corrected chi connectivity index (χ1v) is 6.43. The lowest BCUT2D eigenvalue weighted by atomic mass is 10.2. The molecule has 0 saturated heterocycles. The van der Waals surface area contributed by atoms with Crippen molar-refractivity contribution in [2.75, 3.05) is 13.1 Å². The summed E-state index contributed by atoms with van der Waals surface area (Å²) in [6.07, 6.45) is 4.19. The van der Waals surface area contributed by atoms with E-state index < -0.39 is 5.69 Å². The summed E-state index contributed by atoms with van der Waals surface area (Å²) in [7, 11) is 1.50. The molecular formula is C13H17N5O2. The lowest BCUT2D eigenvalue weighted by molar-refractivity contribution is 0.0753. The summed E-state index contributed by atoms with van der Waals surface area (Å²) in [6.45, 7) is 3.02. The van der Waals surface area contributed by atoms with Crippen molar-refractivity contribution >= 4 is 5.91 Å². The predicted octanol–water partition coefficient (Wildman–Crippen LogP) is 0.208. The molecule has 2 heterocycles. The van der Waals surface area contributed by atoms with E-state index in [1.54, 1.807) is 17.3 Å². The Balaban J connectivity index is 2.04. The number of aromatic amines is 1. The van der Waals surface area contributed by atoms with Crippen LogP contribution in [-0.2, 0) is 13.5 Å². The molecule has 106 valence electrons. The van der Waals surface area contributed by atoms with E-state index in [2.05, 4.69) is 15.1 Å². The molecule has 7 nitrogen and oxygen atoms in total. The van der Waals surface area contributed by atoms with E-state index in [1.165, 1.54) is 7.05 Å². The van der Waals surface area contributed by atoms with Crippen LogP contribution >= 0.6 is 0 Å². The topological polar surface area (TPSA) is 83.9 Å². The predicted molar refractivity (Wildman–Crippen MR) is 73.3 cm³/mol. The molecule has 0 saturated carbocycles. The summed E-state index contributed by atoms with van der Waals surface area (Å²) >= 11 is 0. The summed E-state index contributed by atoms with van der Waals surface area (Å²) in [5.74, 6) is -0.187. The van der Waals surface area contributed by atoms with Gasteiger partial charge < -0.3 is 4.90 Å². The van der Waals surface area contributed by atoms with E-state index in [4.69, 9.17) is 0 Å². The number of likely N-dealkylation sites (N-methyl/N-ethyl adjacent to an activating group) is 1. The van der Waals surface area contributed by atoms with Crippen LogP contribution in [0.5, 0.6) is 0 Å². The van der Waals surface area contributed by atoms with E-state index in [1.807, 2.05) is 19.1 Å². The Bertz CT molecular complexity index is 632. The van der Waals surface area contributed by atoms with Crippen LogP contribution in [0.2, 0.25) is 0 Å². The van der Waals surface area contributed by atoms with Crippen LogP contribution in [0.4, 0.5) is 0 Å². The third-order valence-corrected chi connectivity index (χ3v) is 3.06. The molecule has 0 radical (unpaired) electrons.